The SMILES string of the molecule is CC(C)[C@H](NS(=O)(=O)c1ccc2c(c1)OCCO2)C(=O)N1CCCC1. The molecule has 138 valence electrons. The average molecular weight is 368 g/mol. The number of likely N-dealkylation sites (tertiary alicyclic amines) is 1. The van der Waals surface area contributed by atoms with Gasteiger partial charge in [0.05, 0.1) is 4.90 Å². The minimum atomic E-state index is -3.85. The molecule has 8 heteroatoms. The molecule has 0 radical (unpaired) electrons. The van der Waals surface area contributed by atoms with Gasteiger partial charge in [-0.25, -0.2) is 8.42 Å². The van der Waals surface area contributed by atoms with Crippen molar-refractivity contribution >= 4 is 15.9 Å². The lowest BCUT2D eigenvalue weighted by Crippen LogP contribution is -2.50. The number of fused-ring (bicyclic) bond motifs is 1. The van der Waals surface area contributed by atoms with Gasteiger partial charge in [0.25, 0.3) is 0 Å². The molecule has 0 aliphatic carbocycles. The monoisotopic (exact) mass is 368 g/mol. The molecule has 2 heterocycles. The molecule has 0 bridgehead atoms. The summed E-state index contributed by atoms with van der Waals surface area (Å²) in [5.74, 6) is 0.619. The minimum absolute atomic E-state index is 0.0663. The molecule has 1 aromatic carbocycles. The summed E-state index contributed by atoms with van der Waals surface area (Å²) in [7, 11) is -3.85. The van der Waals surface area contributed by atoms with E-state index < -0.39 is 16.1 Å². The van der Waals surface area contributed by atoms with E-state index in [1.807, 2.05) is 13.8 Å². The molecule has 25 heavy (non-hydrogen) atoms. The molecule has 3 rings (SSSR count). The first-order chi connectivity index (χ1) is 11.9. The van der Waals surface area contributed by atoms with Crippen LogP contribution in [0.4, 0.5) is 0 Å². The van der Waals surface area contributed by atoms with Crippen molar-refractivity contribution in [2.45, 2.75) is 37.6 Å². The first-order valence-corrected chi connectivity index (χ1v) is 10.1. The first-order valence-electron chi connectivity index (χ1n) is 8.59. The van der Waals surface area contributed by atoms with Gasteiger partial charge in [-0.05, 0) is 30.9 Å². The number of carbonyl (C=O) groups is 1. The number of hydrogen-bond donors (Lipinski definition) is 1. The van der Waals surface area contributed by atoms with E-state index in [4.69, 9.17) is 9.47 Å². The van der Waals surface area contributed by atoms with Gasteiger partial charge < -0.3 is 14.4 Å². The number of nitrogens with zero attached hydrogens (tertiary/aromatic N) is 1. The van der Waals surface area contributed by atoms with Crippen LogP contribution in [0.5, 0.6) is 11.5 Å². The predicted molar refractivity (Wildman–Crippen MR) is 92.2 cm³/mol. The van der Waals surface area contributed by atoms with Crippen LogP contribution in [0.15, 0.2) is 23.1 Å². The maximum atomic E-state index is 12.8. The van der Waals surface area contributed by atoms with Crippen molar-refractivity contribution in [2.75, 3.05) is 26.3 Å². The van der Waals surface area contributed by atoms with E-state index in [9.17, 15) is 13.2 Å². The van der Waals surface area contributed by atoms with E-state index in [1.54, 1.807) is 11.0 Å². The number of rotatable bonds is 5. The molecule has 2 aliphatic rings. The fraction of sp³-hybridized carbons (Fsp3) is 0.588. The molecule has 1 N–H and O–H groups in total. The van der Waals surface area contributed by atoms with Gasteiger partial charge in [-0.15, -0.1) is 0 Å². The molecule has 0 spiro atoms. The number of amides is 1. The van der Waals surface area contributed by atoms with Crippen LogP contribution >= 0.6 is 0 Å². The highest BCUT2D eigenvalue weighted by atomic mass is 32.2. The van der Waals surface area contributed by atoms with Gasteiger partial charge in [0.2, 0.25) is 15.9 Å². The van der Waals surface area contributed by atoms with Crippen LogP contribution in [0.1, 0.15) is 26.7 Å². The summed E-state index contributed by atoms with van der Waals surface area (Å²) < 4.78 is 39.0. The number of carbonyl (C=O) groups excluding carboxylic acids is 1. The smallest absolute Gasteiger partial charge is 0.241 e. The molecule has 0 aromatic heterocycles. The van der Waals surface area contributed by atoms with Crippen LogP contribution in [0.25, 0.3) is 0 Å². The summed E-state index contributed by atoms with van der Waals surface area (Å²) in [6.45, 7) is 5.88. The zero-order valence-corrected chi connectivity index (χ0v) is 15.3. The Morgan fingerprint density at radius 2 is 1.76 bits per heavy atom. The minimum Gasteiger partial charge on any atom is -0.486 e. The highest BCUT2D eigenvalue weighted by Gasteiger charge is 2.33. The zero-order valence-electron chi connectivity index (χ0n) is 14.5. The third kappa shape index (κ3) is 3.90. The molecule has 1 atom stereocenters. The summed E-state index contributed by atoms with van der Waals surface area (Å²) in [5, 5.41) is 0. The predicted octanol–water partition coefficient (Wildman–Crippen LogP) is 1.38. The van der Waals surface area contributed by atoms with Crippen molar-refractivity contribution in [3.63, 3.8) is 0 Å². The molecule has 2 aliphatic heterocycles. The van der Waals surface area contributed by atoms with Crippen molar-refractivity contribution in [1.82, 2.24) is 9.62 Å². The highest BCUT2D eigenvalue weighted by Crippen LogP contribution is 2.32. The fourth-order valence-electron chi connectivity index (χ4n) is 3.03. The Balaban J connectivity index is 1.81. The Morgan fingerprint density at radius 3 is 2.40 bits per heavy atom. The van der Waals surface area contributed by atoms with Crippen molar-refractivity contribution in [2.24, 2.45) is 5.92 Å². The molecule has 0 unspecified atom stereocenters. The molecule has 1 fully saturated rings. The lowest BCUT2D eigenvalue weighted by molar-refractivity contribution is -0.132. The maximum absolute atomic E-state index is 12.8. The largest absolute Gasteiger partial charge is 0.486 e. The molecule has 0 saturated carbocycles. The van der Waals surface area contributed by atoms with E-state index >= 15 is 0 Å². The number of hydrogen-bond acceptors (Lipinski definition) is 5. The van der Waals surface area contributed by atoms with Crippen LogP contribution in [-0.2, 0) is 14.8 Å². The Kier molecular flexibility index (Phi) is 5.19. The lowest BCUT2D eigenvalue weighted by atomic mass is 10.0. The van der Waals surface area contributed by atoms with E-state index in [1.165, 1.54) is 12.1 Å². The van der Waals surface area contributed by atoms with Gasteiger partial charge in [-0.2, -0.15) is 4.72 Å². The topological polar surface area (TPSA) is 84.9 Å². The Morgan fingerprint density at radius 1 is 1.12 bits per heavy atom. The Bertz CT molecular complexity index is 741. The number of nitrogens with one attached hydrogen (secondary N) is 1. The van der Waals surface area contributed by atoms with Gasteiger partial charge in [0, 0.05) is 19.2 Å². The van der Waals surface area contributed by atoms with Gasteiger partial charge in [-0.1, -0.05) is 13.8 Å². The molecule has 1 saturated heterocycles. The summed E-state index contributed by atoms with van der Waals surface area (Å²) in [4.78, 5) is 14.5. The Hall–Kier alpha value is -1.80. The number of sulfonamides is 1. The summed E-state index contributed by atoms with van der Waals surface area (Å²) in [5.41, 5.74) is 0. The van der Waals surface area contributed by atoms with Crippen LogP contribution < -0.4 is 14.2 Å². The lowest BCUT2D eigenvalue weighted by Gasteiger charge is -2.26. The van der Waals surface area contributed by atoms with Gasteiger partial charge >= 0.3 is 0 Å². The average Bonchev–Trinajstić information content (AvgIpc) is 3.13. The van der Waals surface area contributed by atoms with Crippen LogP contribution in [0.2, 0.25) is 0 Å². The standard InChI is InChI=1S/C17H24N2O5S/c1-12(2)16(17(20)19-7-3-4-8-19)18-25(21,22)13-5-6-14-15(11-13)24-10-9-23-14/h5-6,11-12,16,18H,3-4,7-10H2,1-2H3/t16-/m0/s1. The van der Waals surface area contributed by atoms with Crippen LogP contribution in [0.3, 0.4) is 0 Å². The third-order valence-corrected chi connectivity index (χ3v) is 5.90. The second-order valence-electron chi connectivity index (χ2n) is 6.68. The van der Waals surface area contributed by atoms with Gasteiger partial charge in [0.15, 0.2) is 11.5 Å². The van der Waals surface area contributed by atoms with Crippen LogP contribution in [0, 0.1) is 5.92 Å². The molecule has 1 aromatic rings. The fourth-order valence-corrected chi connectivity index (χ4v) is 4.38. The van der Waals surface area contributed by atoms with Gasteiger partial charge in [0.1, 0.15) is 19.3 Å². The highest BCUT2D eigenvalue weighted by molar-refractivity contribution is 7.89. The summed E-state index contributed by atoms with van der Waals surface area (Å²) in [6, 6.07) is 3.70. The molecule has 1 amide bonds. The van der Waals surface area contributed by atoms with Crippen molar-refractivity contribution in [3.05, 3.63) is 18.2 Å². The van der Waals surface area contributed by atoms with Crippen molar-refractivity contribution in [3.8, 4) is 11.5 Å². The Labute approximate surface area is 148 Å². The van der Waals surface area contributed by atoms with E-state index in [2.05, 4.69) is 4.72 Å². The van der Waals surface area contributed by atoms with E-state index in [0.717, 1.165) is 12.8 Å². The zero-order chi connectivity index (χ0) is 18.0. The van der Waals surface area contributed by atoms with Crippen molar-refractivity contribution < 1.29 is 22.7 Å². The molecule has 7 nitrogen and oxygen atoms in total. The van der Waals surface area contributed by atoms with Crippen LogP contribution in [-0.4, -0.2) is 51.6 Å². The third-order valence-electron chi connectivity index (χ3n) is 4.46. The quantitative estimate of drug-likeness (QED) is 0.849. The molecular weight excluding hydrogens is 344 g/mol. The summed E-state index contributed by atoms with van der Waals surface area (Å²) in [6.07, 6.45) is 1.93. The first kappa shape index (κ1) is 18.0. The normalized spacial score (nSPS) is 18.4. The summed E-state index contributed by atoms with van der Waals surface area (Å²) >= 11 is 0. The van der Waals surface area contributed by atoms with E-state index in [-0.39, 0.29) is 16.7 Å². The number of ether oxygens (including phenoxy) is 2. The second-order valence-corrected chi connectivity index (χ2v) is 8.39. The number of benzene rings is 1. The van der Waals surface area contributed by atoms with Crippen molar-refractivity contribution in [1.29, 1.82) is 0 Å². The second kappa shape index (κ2) is 7.21. The van der Waals surface area contributed by atoms with Gasteiger partial charge in [-0.3, -0.25) is 4.79 Å². The maximum Gasteiger partial charge on any atom is 0.241 e. The van der Waals surface area contributed by atoms with E-state index in [0.29, 0.717) is 37.8 Å². The molecular formula is C17H24N2O5S.